The lowest BCUT2D eigenvalue weighted by Crippen LogP contribution is -2.08. The summed E-state index contributed by atoms with van der Waals surface area (Å²) in [6, 6.07) is 2.17. The fourth-order valence-corrected chi connectivity index (χ4v) is 3.40. The van der Waals surface area contributed by atoms with Gasteiger partial charge in [-0.05, 0) is 48.6 Å². The Morgan fingerprint density at radius 1 is 1.27 bits per heavy atom. The quantitative estimate of drug-likeness (QED) is 0.737. The Bertz CT molecular complexity index is 363. The summed E-state index contributed by atoms with van der Waals surface area (Å²) in [6.07, 6.45) is 9.51. The van der Waals surface area contributed by atoms with Gasteiger partial charge < -0.3 is 4.74 Å². The van der Waals surface area contributed by atoms with E-state index in [2.05, 4.69) is 11.1 Å². The first-order valence-electron chi connectivity index (χ1n) is 5.85. The molecule has 2 nitrogen and oxygen atoms in total. The van der Waals surface area contributed by atoms with Crippen LogP contribution in [-0.4, -0.2) is 12.1 Å². The summed E-state index contributed by atoms with van der Waals surface area (Å²) < 4.78 is 5.23. The third-order valence-electron chi connectivity index (χ3n) is 4.14. The van der Waals surface area contributed by atoms with Crippen LogP contribution in [0, 0.1) is 11.8 Å². The Kier molecular flexibility index (Phi) is 2.15. The molecule has 2 fully saturated rings. The molecular formula is C13H17NO. The van der Waals surface area contributed by atoms with Gasteiger partial charge in [-0.1, -0.05) is 6.42 Å². The topological polar surface area (TPSA) is 22.1 Å². The van der Waals surface area contributed by atoms with Gasteiger partial charge in [0.1, 0.15) is 5.75 Å². The molecule has 3 rings (SSSR count). The number of fused-ring (bicyclic) bond motifs is 2. The highest BCUT2D eigenvalue weighted by molar-refractivity contribution is 5.28. The Morgan fingerprint density at radius 2 is 2.20 bits per heavy atom. The molecule has 0 aromatic carbocycles. The lowest BCUT2D eigenvalue weighted by Gasteiger charge is -2.21. The highest BCUT2D eigenvalue weighted by atomic mass is 16.5. The highest BCUT2D eigenvalue weighted by Crippen LogP contribution is 2.52. The average Bonchev–Trinajstić information content (AvgIpc) is 2.91. The van der Waals surface area contributed by atoms with Crippen molar-refractivity contribution in [2.75, 3.05) is 7.11 Å². The number of rotatable bonds is 2. The first kappa shape index (κ1) is 9.20. The van der Waals surface area contributed by atoms with E-state index in [-0.39, 0.29) is 0 Å². The molecule has 15 heavy (non-hydrogen) atoms. The zero-order valence-electron chi connectivity index (χ0n) is 9.15. The van der Waals surface area contributed by atoms with Crippen molar-refractivity contribution >= 4 is 0 Å². The lowest BCUT2D eigenvalue weighted by atomic mass is 9.84. The van der Waals surface area contributed by atoms with Gasteiger partial charge in [0.15, 0.2) is 0 Å². The summed E-state index contributed by atoms with van der Waals surface area (Å²) >= 11 is 0. The maximum atomic E-state index is 5.23. The molecule has 0 saturated heterocycles. The molecular weight excluding hydrogens is 186 g/mol. The van der Waals surface area contributed by atoms with Crippen LogP contribution in [0.3, 0.4) is 0 Å². The summed E-state index contributed by atoms with van der Waals surface area (Å²) in [5.74, 6) is 3.57. The molecule has 2 aliphatic rings. The van der Waals surface area contributed by atoms with E-state index in [1.165, 1.54) is 31.2 Å². The number of aromatic nitrogens is 1. The molecule has 0 aliphatic heterocycles. The van der Waals surface area contributed by atoms with Gasteiger partial charge >= 0.3 is 0 Å². The smallest absolute Gasteiger partial charge is 0.137 e. The van der Waals surface area contributed by atoms with Crippen LogP contribution in [0.1, 0.15) is 37.2 Å². The van der Waals surface area contributed by atoms with Crippen molar-refractivity contribution in [3.8, 4) is 5.75 Å². The van der Waals surface area contributed by atoms with Crippen molar-refractivity contribution < 1.29 is 4.74 Å². The first-order valence-corrected chi connectivity index (χ1v) is 5.85. The summed E-state index contributed by atoms with van der Waals surface area (Å²) in [6.45, 7) is 0. The van der Waals surface area contributed by atoms with Crippen LogP contribution in [-0.2, 0) is 0 Å². The van der Waals surface area contributed by atoms with Crippen molar-refractivity contribution in [2.45, 2.75) is 31.6 Å². The predicted octanol–water partition coefficient (Wildman–Crippen LogP) is 2.99. The molecule has 1 aromatic heterocycles. The minimum absolute atomic E-state index is 0.756. The van der Waals surface area contributed by atoms with Gasteiger partial charge in [0, 0.05) is 6.20 Å². The molecule has 3 atom stereocenters. The van der Waals surface area contributed by atoms with Crippen LogP contribution >= 0.6 is 0 Å². The van der Waals surface area contributed by atoms with Crippen molar-refractivity contribution in [3.63, 3.8) is 0 Å². The zero-order chi connectivity index (χ0) is 10.3. The minimum Gasteiger partial charge on any atom is -0.495 e. The summed E-state index contributed by atoms with van der Waals surface area (Å²) in [7, 11) is 1.71. The largest absolute Gasteiger partial charge is 0.495 e. The number of pyridine rings is 1. The Hall–Kier alpha value is -1.05. The normalized spacial score (nSPS) is 33.3. The second kappa shape index (κ2) is 3.51. The van der Waals surface area contributed by atoms with E-state index in [1.54, 1.807) is 13.3 Å². The lowest BCUT2D eigenvalue weighted by molar-refractivity contribution is 0.401. The van der Waals surface area contributed by atoms with Gasteiger partial charge in [0.05, 0.1) is 13.3 Å². The molecule has 0 N–H and O–H groups in total. The van der Waals surface area contributed by atoms with Crippen molar-refractivity contribution in [3.05, 3.63) is 24.0 Å². The molecule has 2 saturated carbocycles. The van der Waals surface area contributed by atoms with E-state index < -0.39 is 0 Å². The second-order valence-corrected chi connectivity index (χ2v) is 4.94. The molecule has 0 spiro atoms. The van der Waals surface area contributed by atoms with Gasteiger partial charge in [-0.2, -0.15) is 0 Å². The molecule has 2 aliphatic carbocycles. The van der Waals surface area contributed by atoms with Gasteiger partial charge in [0.25, 0.3) is 0 Å². The van der Waals surface area contributed by atoms with Crippen LogP contribution < -0.4 is 4.74 Å². The molecule has 80 valence electrons. The van der Waals surface area contributed by atoms with Gasteiger partial charge in [-0.15, -0.1) is 0 Å². The van der Waals surface area contributed by atoms with Crippen molar-refractivity contribution in [2.24, 2.45) is 11.8 Å². The summed E-state index contributed by atoms with van der Waals surface area (Å²) in [5, 5.41) is 0. The van der Waals surface area contributed by atoms with Gasteiger partial charge in [-0.25, -0.2) is 0 Å². The zero-order valence-corrected chi connectivity index (χ0v) is 9.15. The van der Waals surface area contributed by atoms with Crippen LogP contribution in [0.2, 0.25) is 0 Å². The Labute approximate surface area is 90.7 Å². The van der Waals surface area contributed by atoms with E-state index in [0.717, 1.165) is 23.5 Å². The molecule has 0 unspecified atom stereocenters. The molecule has 0 radical (unpaired) electrons. The van der Waals surface area contributed by atoms with E-state index in [9.17, 15) is 0 Å². The number of hydrogen-bond acceptors (Lipinski definition) is 2. The van der Waals surface area contributed by atoms with E-state index >= 15 is 0 Å². The fourth-order valence-electron chi connectivity index (χ4n) is 3.40. The van der Waals surface area contributed by atoms with Gasteiger partial charge in [-0.3, -0.25) is 4.98 Å². The Morgan fingerprint density at radius 3 is 2.87 bits per heavy atom. The van der Waals surface area contributed by atoms with Gasteiger partial charge in [0.2, 0.25) is 0 Å². The molecule has 1 heterocycles. The summed E-state index contributed by atoms with van der Waals surface area (Å²) in [5.41, 5.74) is 1.39. The molecule has 2 bridgehead atoms. The van der Waals surface area contributed by atoms with Crippen LogP contribution in [0.25, 0.3) is 0 Å². The summed E-state index contributed by atoms with van der Waals surface area (Å²) in [4.78, 5) is 4.26. The minimum atomic E-state index is 0.756. The van der Waals surface area contributed by atoms with Crippen LogP contribution in [0.4, 0.5) is 0 Å². The molecule has 1 aromatic rings. The third-order valence-corrected chi connectivity index (χ3v) is 4.14. The highest BCUT2D eigenvalue weighted by Gasteiger charge is 2.40. The first-order chi connectivity index (χ1) is 7.36. The van der Waals surface area contributed by atoms with E-state index in [4.69, 9.17) is 4.74 Å². The standard InChI is InChI=1S/C13H17NO/c1-15-12-6-11(7-14-8-12)13-5-9-2-3-10(13)4-9/h6-10,13H,2-5H2,1H3/t9-,10+,13-/m1/s1. The maximum absolute atomic E-state index is 5.23. The maximum Gasteiger partial charge on any atom is 0.137 e. The molecule has 0 amide bonds. The second-order valence-electron chi connectivity index (χ2n) is 4.94. The van der Waals surface area contributed by atoms with E-state index in [1.807, 2.05) is 6.20 Å². The average molecular weight is 203 g/mol. The molecule has 2 heteroatoms. The monoisotopic (exact) mass is 203 g/mol. The number of ether oxygens (including phenoxy) is 1. The third kappa shape index (κ3) is 1.52. The number of hydrogen-bond donors (Lipinski definition) is 0. The SMILES string of the molecule is COc1cncc([C@@H]2C[C@@H]3CC[C@H]2C3)c1. The van der Waals surface area contributed by atoms with Crippen LogP contribution in [0.5, 0.6) is 5.75 Å². The van der Waals surface area contributed by atoms with Crippen molar-refractivity contribution in [1.29, 1.82) is 0 Å². The fraction of sp³-hybridized carbons (Fsp3) is 0.615. The van der Waals surface area contributed by atoms with Crippen LogP contribution in [0.15, 0.2) is 18.5 Å². The number of methoxy groups -OCH3 is 1. The van der Waals surface area contributed by atoms with E-state index in [0.29, 0.717) is 0 Å². The predicted molar refractivity (Wildman–Crippen MR) is 59.0 cm³/mol. The van der Waals surface area contributed by atoms with Crippen molar-refractivity contribution in [1.82, 2.24) is 4.98 Å². The Balaban J connectivity index is 1.86. The number of nitrogens with zero attached hydrogens (tertiary/aromatic N) is 1.